The minimum atomic E-state index is -0.377. The molecule has 1 saturated heterocycles. The zero-order valence-corrected chi connectivity index (χ0v) is 19.1. The molecule has 8 nitrogen and oxygen atoms in total. The predicted molar refractivity (Wildman–Crippen MR) is 129 cm³/mol. The lowest BCUT2D eigenvalue weighted by Gasteiger charge is -2.18. The van der Waals surface area contributed by atoms with E-state index in [0.29, 0.717) is 42.8 Å². The molecular weight excluding hydrogens is 430 g/mol. The summed E-state index contributed by atoms with van der Waals surface area (Å²) in [6, 6.07) is 15.1. The Morgan fingerprint density at radius 2 is 2.03 bits per heavy atom. The SMILES string of the molecule is Cc1cccn2c(=O)c3cc(C(=O)NCCc4ccccc4)c(=N)n(C[C@H]4CCCO4)c3nc12. The van der Waals surface area contributed by atoms with Crippen molar-refractivity contribution in [1.82, 2.24) is 19.3 Å². The van der Waals surface area contributed by atoms with Crippen LogP contribution in [0.2, 0.25) is 0 Å². The highest BCUT2D eigenvalue weighted by Gasteiger charge is 2.22. The molecule has 1 aromatic carbocycles. The van der Waals surface area contributed by atoms with Crippen LogP contribution in [-0.4, -0.2) is 39.1 Å². The second-order valence-electron chi connectivity index (χ2n) is 8.68. The Bertz CT molecular complexity index is 1480. The number of carbonyl (C=O) groups is 1. The molecule has 0 saturated carbocycles. The number of aromatic nitrogens is 3. The van der Waals surface area contributed by atoms with Crippen LogP contribution in [0.3, 0.4) is 0 Å². The average molecular weight is 458 g/mol. The summed E-state index contributed by atoms with van der Waals surface area (Å²) in [6.45, 7) is 3.37. The number of pyridine rings is 2. The molecule has 1 fully saturated rings. The quantitative estimate of drug-likeness (QED) is 0.435. The summed E-state index contributed by atoms with van der Waals surface area (Å²) >= 11 is 0. The molecule has 4 heterocycles. The maximum Gasteiger partial charge on any atom is 0.267 e. The van der Waals surface area contributed by atoms with Crippen molar-refractivity contribution in [3.05, 3.63) is 87.3 Å². The number of aryl methyl sites for hydroxylation is 1. The van der Waals surface area contributed by atoms with Crippen LogP contribution in [0.4, 0.5) is 0 Å². The Morgan fingerprint density at radius 3 is 2.79 bits per heavy atom. The van der Waals surface area contributed by atoms with Crippen molar-refractivity contribution in [2.24, 2.45) is 0 Å². The second-order valence-corrected chi connectivity index (χ2v) is 8.68. The lowest BCUT2D eigenvalue weighted by atomic mass is 10.1. The summed E-state index contributed by atoms with van der Waals surface area (Å²) in [5.41, 5.74) is 2.85. The number of nitrogens with one attached hydrogen (secondary N) is 2. The van der Waals surface area contributed by atoms with Gasteiger partial charge in [-0.1, -0.05) is 36.4 Å². The third-order valence-electron chi connectivity index (χ3n) is 6.33. The molecule has 0 aliphatic carbocycles. The minimum absolute atomic E-state index is 0.0324. The number of benzene rings is 1. The number of ether oxygens (including phenoxy) is 1. The summed E-state index contributed by atoms with van der Waals surface area (Å²) in [4.78, 5) is 31.3. The zero-order chi connectivity index (χ0) is 23.7. The number of hydrogen-bond donors (Lipinski definition) is 2. The fourth-order valence-electron chi connectivity index (χ4n) is 4.50. The van der Waals surface area contributed by atoms with Crippen LogP contribution in [0.5, 0.6) is 0 Å². The summed E-state index contributed by atoms with van der Waals surface area (Å²) < 4.78 is 8.95. The smallest absolute Gasteiger partial charge is 0.267 e. The fraction of sp³-hybridized carbons (Fsp3) is 0.308. The average Bonchev–Trinajstić information content (AvgIpc) is 3.36. The zero-order valence-electron chi connectivity index (χ0n) is 19.1. The van der Waals surface area contributed by atoms with Gasteiger partial charge in [-0.15, -0.1) is 0 Å². The number of fused-ring (bicyclic) bond motifs is 2. The Hall–Kier alpha value is -3.78. The largest absolute Gasteiger partial charge is 0.376 e. The Labute approximate surface area is 196 Å². The van der Waals surface area contributed by atoms with Crippen LogP contribution in [-0.2, 0) is 17.7 Å². The minimum Gasteiger partial charge on any atom is -0.376 e. The third kappa shape index (κ3) is 4.12. The van der Waals surface area contributed by atoms with Gasteiger partial charge in [-0.2, -0.15) is 0 Å². The van der Waals surface area contributed by atoms with Crippen LogP contribution in [0, 0.1) is 12.3 Å². The lowest BCUT2D eigenvalue weighted by Crippen LogP contribution is -2.37. The molecule has 0 unspecified atom stereocenters. The van der Waals surface area contributed by atoms with Crippen molar-refractivity contribution in [2.75, 3.05) is 13.2 Å². The molecule has 8 heteroatoms. The summed E-state index contributed by atoms with van der Waals surface area (Å²) in [6.07, 6.45) is 4.10. The standard InChI is InChI=1S/C26H27N5O3/c1-17-7-5-13-30-23(17)29-24-21(26(30)33)15-20(22(27)31(24)16-19-10-6-14-34-19)25(32)28-12-11-18-8-3-2-4-9-18/h2-5,7-9,13,15,19,27H,6,10-12,14,16H2,1H3,(H,28,32)/t19-/m1/s1. The van der Waals surface area contributed by atoms with Crippen LogP contribution in [0.15, 0.2) is 59.5 Å². The van der Waals surface area contributed by atoms with Crippen molar-refractivity contribution < 1.29 is 9.53 Å². The van der Waals surface area contributed by atoms with E-state index in [4.69, 9.17) is 15.1 Å². The predicted octanol–water partition coefficient (Wildman–Crippen LogP) is 2.59. The van der Waals surface area contributed by atoms with E-state index in [1.54, 1.807) is 16.8 Å². The first-order chi connectivity index (χ1) is 16.5. The molecule has 0 spiro atoms. The number of amides is 1. The van der Waals surface area contributed by atoms with Gasteiger partial charge in [0.1, 0.15) is 16.8 Å². The van der Waals surface area contributed by atoms with Crippen molar-refractivity contribution in [3.63, 3.8) is 0 Å². The van der Waals surface area contributed by atoms with Gasteiger partial charge in [0.15, 0.2) is 0 Å². The first-order valence-corrected chi connectivity index (χ1v) is 11.6. The first-order valence-electron chi connectivity index (χ1n) is 11.6. The van der Waals surface area contributed by atoms with Gasteiger partial charge >= 0.3 is 0 Å². The maximum absolute atomic E-state index is 13.4. The summed E-state index contributed by atoms with van der Waals surface area (Å²) in [5.74, 6) is -0.377. The van der Waals surface area contributed by atoms with Crippen LogP contribution in [0.1, 0.15) is 34.3 Å². The highest BCUT2D eigenvalue weighted by Crippen LogP contribution is 2.17. The normalized spacial score (nSPS) is 15.7. The van der Waals surface area contributed by atoms with Gasteiger partial charge in [0, 0.05) is 19.3 Å². The Morgan fingerprint density at radius 1 is 1.21 bits per heavy atom. The molecule has 4 aromatic rings. The molecule has 1 aliphatic rings. The van der Waals surface area contributed by atoms with Gasteiger partial charge < -0.3 is 14.6 Å². The van der Waals surface area contributed by atoms with E-state index >= 15 is 0 Å². The van der Waals surface area contributed by atoms with Gasteiger partial charge in [-0.3, -0.25) is 19.4 Å². The molecule has 34 heavy (non-hydrogen) atoms. The number of rotatable bonds is 6. The third-order valence-corrected chi connectivity index (χ3v) is 6.33. The molecule has 2 N–H and O–H groups in total. The van der Waals surface area contributed by atoms with E-state index < -0.39 is 0 Å². The van der Waals surface area contributed by atoms with E-state index in [1.807, 2.05) is 43.3 Å². The number of nitrogens with zero attached hydrogens (tertiary/aromatic N) is 3. The van der Waals surface area contributed by atoms with Crippen molar-refractivity contribution in [3.8, 4) is 0 Å². The van der Waals surface area contributed by atoms with Crippen molar-refractivity contribution >= 4 is 22.6 Å². The van der Waals surface area contributed by atoms with E-state index in [0.717, 1.165) is 24.0 Å². The highest BCUT2D eigenvalue weighted by atomic mass is 16.5. The Balaban J connectivity index is 1.58. The topological polar surface area (TPSA) is 101 Å². The molecule has 5 rings (SSSR count). The molecule has 3 aromatic heterocycles. The monoisotopic (exact) mass is 457 g/mol. The van der Waals surface area contributed by atoms with Gasteiger partial charge in [0.05, 0.1) is 23.6 Å². The summed E-state index contributed by atoms with van der Waals surface area (Å²) in [7, 11) is 0. The molecule has 174 valence electrons. The van der Waals surface area contributed by atoms with Gasteiger partial charge in [0.25, 0.3) is 11.5 Å². The van der Waals surface area contributed by atoms with Crippen molar-refractivity contribution in [1.29, 1.82) is 5.41 Å². The molecule has 1 aliphatic heterocycles. The number of carbonyl (C=O) groups excluding carboxylic acids is 1. The maximum atomic E-state index is 13.4. The summed E-state index contributed by atoms with van der Waals surface area (Å²) in [5, 5.41) is 12.1. The molecule has 1 amide bonds. The number of hydrogen-bond acceptors (Lipinski definition) is 5. The van der Waals surface area contributed by atoms with E-state index in [1.165, 1.54) is 10.5 Å². The molecule has 1 atom stereocenters. The van der Waals surface area contributed by atoms with E-state index in [9.17, 15) is 9.59 Å². The lowest BCUT2D eigenvalue weighted by molar-refractivity contribution is 0.0933. The van der Waals surface area contributed by atoms with Gasteiger partial charge in [-0.25, -0.2) is 4.98 Å². The van der Waals surface area contributed by atoms with Gasteiger partial charge in [-0.05, 0) is 49.4 Å². The highest BCUT2D eigenvalue weighted by molar-refractivity contribution is 5.96. The second kappa shape index (κ2) is 9.23. The first kappa shape index (κ1) is 22.0. The van der Waals surface area contributed by atoms with E-state index in [-0.39, 0.29) is 28.6 Å². The van der Waals surface area contributed by atoms with E-state index in [2.05, 4.69) is 5.32 Å². The molecule has 0 radical (unpaired) electrons. The van der Waals surface area contributed by atoms with Crippen LogP contribution >= 0.6 is 0 Å². The van der Waals surface area contributed by atoms with Gasteiger partial charge in [0.2, 0.25) is 0 Å². The van der Waals surface area contributed by atoms with Crippen LogP contribution in [0.25, 0.3) is 16.7 Å². The molecular formula is C26H27N5O3. The van der Waals surface area contributed by atoms with Crippen molar-refractivity contribution in [2.45, 2.75) is 38.8 Å². The Kier molecular flexibility index (Phi) is 5.98. The van der Waals surface area contributed by atoms with Crippen LogP contribution < -0.4 is 16.4 Å². The fourth-order valence-corrected chi connectivity index (χ4v) is 4.50. The molecule has 0 bridgehead atoms.